The molecule has 2 aromatic rings. The van der Waals surface area contributed by atoms with Crippen LogP contribution in [0.5, 0.6) is 0 Å². The molecule has 21 heavy (non-hydrogen) atoms. The number of nitrogens with two attached hydrogens (primary N) is 1. The number of aldehydes is 1. The molecule has 2 N–H and O–H groups in total. The molecule has 4 nitrogen and oxygen atoms in total. The van der Waals surface area contributed by atoms with Crippen molar-refractivity contribution in [2.45, 2.75) is 32.7 Å². The van der Waals surface area contributed by atoms with Crippen LogP contribution in [0.3, 0.4) is 0 Å². The minimum Gasteiger partial charge on any atom is -0.398 e. The summed E-state index contributed by atoms with van der Waals surface area (Å²) in [5.74, 6) is -3.07. The third kappa shape index (κ3) is 2.79. The van der Waals surface area contributed by atoms with Crippen molar-refractivity contribution < 1.29 is 13.6 Å². The first-order valence-corrected chi connectivity index (χ1v) is 6.56. The van der Waals surface area contributed by atoms with Crippen molar-refractivity contribution in [1.82, 2.24) is 9.78 Å². The molecule has 0 aliphatic heterocycles. The zero-order valence-corrected chi connectivity index (χ0v) is 12.1. The van der Waals surface area contributed by atoms with E-state index >= 15 is 0 Å². The van der Waals surface area contributed by atoms with Gasteiger partial charge in [0.1, 0.15) is 0 Å². The van der Waals surface area contributed by atoms with Crippen molar-refractivity contribution in [2.75, 3.05) is 5.73 Å². The first-order chi connectivity index (χ1) is 9.75. The molecule has 0 spiro atoms. The van der Waals surface area contributed by atoms with E-state index in [4.69, 9.17) is 5.73 Å². The number of halogens is 2. The van der Waals surface area contributed by atoms with E-state index in [1.165, 1.54) is 6.07 Å². The zero-order valence-electron chi connectivity index (χ0n) is 12.1. The number of hydrogen-bond donors (Lipinski definition) is 1. The van der Waals surface area contributed by atoms with Crippen molar-refractivity contribution in [3.8, 4) is 11.3 Å². The number of anilines is 1. The Hall–Kier alpha value is -2.24. The summed E-state index contributed by atoms with van der Waals surface area (Å²) in [6.07, 6.45) is 2.11. The quantitative estimate of drug-likeness (QED) is 0.691. The molecule has 112 valence electrons. The maximum absolute atomic E-state index is 13.9. The highest BCUT2D eigenvalue weighted by molar-refractivity contribution is 5.87. The van der Waals surface area contributed by atoms with E-state index in [0.29, 0.717) is 12.0 Å². The number of carbonyl (C=O) groups is 1. The van der Waals surface area contributed by atoms with E-state index < -0.39 is 5.92 Å². The second-order valence-corrected chi connectivity index (χ2v) is 5.29. The summed E-state index contributed by atoms with van der Waals surface area (Å²) in [7, 11) is 0. The number of benzene rings is 1. The van der Waals surface area contributed by atoms with E-state index in [1.54, 1.807) is 16.9 Å². The predicted octanol–water partition coefficient (Wildman–Crippen LogP) is 3.64. The van der Waals surface area contributed by atoms with Crippen LogP contribution >= 0.6 is 0 Å². The van der Waals surface area contributed by atoms with Gasteiger partial charge in [-0.2, -0.15) is 5.10 Å². The van der Waals surface area contributed by atoms with Crippen molar-refractivity contribution in [3.63, 3.8) is 0 Å². The number of nitrogen functional groups attached to an aromatic ring is 1. The number of aromatic nitrogens is 2. The molecule has 2 rings (SSSR count). The van der Waals surface area contributed by atoms with E-state index in [9.17, 15) is 13.6 Å². The smallest absolute Gasteiger partial charge is 0.271 e. The van der Waals surface area contributed by atoms with Gasteiger partial charge in [-0.15, -0.1) is 0 Å². The fraction of sp³-hybridized carbons (Fsp3) is 0.333. The second kappa shape index (κ2) is 5.27. The Morgan fingerprint density at radius 2 is 2.05 bits per heavy atom. The van der Waals surface area contributed by atoms with E-state index in [1.807, 2.05) is 13.8 Å². The van der Waals surface area contributed by atoms with Crippen molar-refractivity contribution in [2.24, 2.45) is 0 Å². The van der Waals surface area contributed by atoms with E-state index in [2.05, 4.69) is 5.10 Å². The third-order valence-electron chi connectivity index (χ3n) is 3.26. The summed E-state index contributed by atoms with van der Waals surface area (Å²) >= 11 is 0. The molecule has 0 aliphatic rings. The van der Waals surface area contributed by atoms with Crippen LogP contribution in [0.2, 0.25) is 0 Å². The lowest BCUT2D eigenvalue weighted by atomic mass is 9.96. The summed E-state index contributed by atoms with van der Waals surface area (Å²) in [6, 6.07) is 4.21. The molecule has 0 radical (unpaired) electrons. The molecule has 0 saturated heterocycles. The Balaban J connectivity index is 2.77. The summed E-state index contributed by atoms with van der Waals surface area (Å²) < 4.78 is 29.4. The van der Waals surface area contributed by atoms with Crippen molar-refractivity contribution in [3.05, 3.63) is 35.5 Å². The Bertz CT molecular complexity index is 672. The standard InChI is InChI=1S/C15H17F2N3O/c1-9(2)20-14(4-5-19-20)11-6-10(8-21)13(18)7-12(11)15(3,16)17/h4-9H,18H2,1-3H3. The number of nitrogens with zero attached hydrogens (tertiary/aromatic N) is 2. The maximum atomic E-state index is 13.9. The fourth-order valence-corrected chi connectivity index (χ4v) is 2.25. The minimum absolute atomic E-state index is 0.00515. The molecular weight excluding hydrogens is 276 g/mol. The van der Waals surface area contributed by atoms with Gasteiger partial charge >= 0.3 is 0 Å². The Kier molecular flexibility index (Phi) is 3.80. The normalized spacial score (nSPS) is 11.9. The summed E-state index contributed by atoms with van der Waals surface area (Å²) in [5, 5.41) is 4.15. The van der Waals surface area contributed by atoms with Crippen LogP contribution in [0, 0.1) is 0 Å². The van der Waals surface area contributed by atoms with Crippen molar-refractivity contribution >= 4 is 12.0 Å². The number of alkyl halides is 2. The molecule has 6 heteroatoms. The molecule has 0 fully saturated rings. The second-order valence-electron chi connectivity index (χ2n) is 5.29. The fourth-order valence-electron chi connectivity index (χ4n) is 2.25. The summed E-state index contributed by atoms with van der Waals surface area (Å²) in [5.41, 5.74) is 6.48. The molecule has 0 unspecified atom stereocenters. The largest absolute Gasteiger partial charge is 0.398 e. The first-order valence-electron chi connectivity index (χ1n) is 6.56. The van der Waals surface area contributed by atoms with Gasteiger partial charge in [0, 0.05) is 41.5 Å². The Morgan fingerprint density at radius 1 is 1.38 bits per heavy atom. The molecular formula is C15H17F2N3O. The predicted molar refractivity (Wildman–Crippen MR) is 77.4 cm³/mol. The van der Waals surface area contributed by atoms with Crippen LogP contribution in [0.4, 0.5) is 14.5 Å². The van der Waals surface area contributed by atoms with Gasteiger partial charge in [-0.25, -0.2) is 8.78 Å². The zero-order chi connectivity index (χ0) is 15.8. The van der Waals surface area contributed by atoms with Crippen LogP contribution in [0.1, 0.15) is 42.7 Å². The highest BCUT2D eigenvalue weighted by Gasteiger charge is 2.30. The van der Waals surface area contributed by atoms with E-state index in [0.717, 1.165) is 13.0 Å². The molecule has 0 saturated carbocycles. The minimum atomic E-state index is -3.07. The van der Waals surface area contributed by atoms with Gasteiger partial charge < -0.3 is 5.73 Å². The molecule has 0 amide bonds. The van der Waals surface area contributed by atoms with Gasteiger partial charge in [0.2, 0.25) is 0 Å². The van der Waals surface area contributed by atoms with Gasteiger partial charge in [0.25, 0.3) is 5.92 Å². The van der Waals surface area contributed by atoms with Gasteiger partial charge in [-0.1, -0.05) is 0 Å². The monoisotopic (exact) mass is 293 g/mol. The van der Waals surface area contributed by atoms with Crippen LogP contribution in [0.15, 0.2) is 24.4 Å². The Labute approximate surface area is 121 Å². The third-order valence-corrected chi connectivity index (χ3v) is 3.26. The average Bonchev–Trinajstić information content (AvgIpc) is 2.86. The number of hydrogen-bond acceptors (Lipinski definition) is 3. The highest BCUT2D eigenvalue weighted by Crippen LogP contribution is 2.38. The Morgan fingerprint density at radius 3 is 2.57 bits per heavy atom. The van der Waals surface area contributed by atoms with Gasteiger partial charge in [-0.3, -0.25) is 9.48 Å². The molecule has 0 bridgehead atoms. The van der Waals surface area contributed by atoms with Gasteiger partial charge in [0.15, 0.2) is 6.29 Å². The van der Waals surface area contributed by atoms with E-state index in [-0.39, 0.29) is 28.4 Å². The lowest BCUT2D eigenvalue weighted by Crippen LogP contribution is -2.13. The SMILES string of the molecule is CC(C)n1nccc1-c1cc(C=O)c(N)cc1C(C)(F)F. The van der Waals surface area contributed by atoms with Crippen LogP contribution in [0.25, 0.3) is 11.3 Å². The highest BCUT2D eigenvalue weighted by atomic mass is 19.3. The maximum Gasteiger partial charge on any atom is 0.271 e. The molecule has 1 aromatic carbocycles. The summed E-state index contributed by atoms with van der Waals surface area (Å²) in [4.78, 5) is 11.0. The van der Waals surface area contributed by atoms with Gasteiger partial charge in [-0.05, 0) is 32.0 Å². The number of rotatable bonds is 4. The topological polar surface area (TPSA) is 60.9 Å². The molecule has 1 heterocycles. The van der Waals surface area contributed by atoms with Crippen LogP contribution < -0.4 is 5.73 Å². The van der Waals surface area contributed by atoms with Crippen molar-refractivity contribution in [1.29, 1.82) is 0 Å². The van der Waals surface area contributed by atoms with Gasteiger partial charge in [0.05, 0.1) is 5.69 Å². The lowest BCUT2D eigenvalue weighted by molar-refractivity contribution is 0.0180. The average molecular weight is 293 g/mol. The first kappa shape index (κ1) is 15.2. The van der Waals surface area contributed by atoms with Crippen LogP contribution in [-0.4, -0.2) is 16.1 Å². The van der Waals surface area contributed by atoms with Crippen LogP contribution in [-0.2, 0) is 5.92 Å². The molecule has 0 atom stereocenters. The summed E-state index contributed by atoms with van der Waals surface area (Å²) in [6.45, 7) is 4.61. The number of carbonyl (C=O) groups excluding carboxylic acids is 1. The molecule has 1 aromatic heterocycles. The lowest BCUT2D eigenvalue weighted by Gasteiger charge is -2.19. The molecule has 0 aliphatic carbocycles.